The first kappa shape index (κ1) is 17.3. The topological polar surface area (TPSA) is 66.8 Å². The zero-order valence-corrected chi connectivity index (χ0v) is 13.3. The summed E-state index contributed by atoms with van der Waals surface area (Å²) in [7, 11) is 0. The van der Waals surface area contributed by atoms with Gasteiger partial charge in [0.05, 0.1) is 0 Å². The quantitative estimate of drug-likeness (QED) is 0.920. The monoisotopic (exact) mass is 313 g/mol. The van der Waals surface area contributed by atoms with Gasteiger partial charge >= 0.3 is 12.1 Å². The molecule has 1 amide bonds. The second kappa shape index (κ2) is 6.80. The molecule has 0 fully saturated rings. The van der Waals surface area contributed by atoms with E-state index < -0.39 is 23.7 Å². The standard InChI is InChI=1S/C15H20ClNO4/c1-5-17(14(20)21-15(2,3)4)12(13(18)19)10-8-6-7-9-11(10)16/h6-9,12H,5H2,1-4H3,(H,18,19). The van der Waals surface area contributed by atoms with Crippen molar-refractivity contribution in [3.05, 3.63) is 34.9 Å². The van der Waals surface area contributed by atoms with Gasteiger partial charge in [0.2, 0.25) is 0 Å². The van der Waals surface area contributed by atoms with E-state index in [2.05, 4.69) is 0 Å². The average molecular weight is 314 g/mol. The number of benzene rings is 1. The predicted molar refractivity (Wildman–Crippen MR) is 80.4 cm³/mol. The van der Waals surface area contributed by atoms with E-state index in [9.17, 15) is 14.7 Å². The van der Waals surface area contributed by atoms with Crippen molar-refractivity contribution in [3.63, 3.8) is 0 Å². The Balaban J connectivity index is 3.17. The second-order valence-corrected chi connectivity index (χ2v) is 5.94. The molecule has 1 atom stereocenters. The third kappa shape index (κ3) is 4.63. The number of ether oxygens (including phenoxy) is 1. The Morgan fingerprint density at radius 3 is 2.33 bits per heavy atom. The van der Waals surface area contributed by atoms with Gasteiger partial charge in [0.1, 0.15) is 5.60 Å². The van der Waals surface area contributed by atoms with Gasteiger partial charge in [0, 0.05) is 17.1 Å². The van der Waals surface area contributed by atoms with Crippen LogP contribution in [-0.4, -0.2) is 34.2 Å². The van der Waals surface area contributed by atoms with Crippen molar-refractivity contribution in [1.29, 1.82) is 0 Å². The van der Waals surface area contributed by atoms with Gasteiger partial charge in [0.25, 0.3) is 0 Å². The summed E-state index contributed by atoms with van der Waals surface area (Å²) < 4.78 is 5.26. The lowest BCUT2D eigenvalue weighted by atomic mass is 10.1. The number of hydrogen-bond acceptors (Lipinski definition) is 3. The molecule has 6 heteroatoms. The molecule has 0 aliphatic carbocycles. The highest BCUT2D eigenvalue weighted by molar-refractivity contribution is 6.31. The molecular weight excluding hydrogens is 294 g/mol. The van der Waals surface area contributed by atoms with Gasteiger partial charge in [-0.3, -0.25) is 4.90 Å². The molecule has 0 saturated carbocycles. The molecule has 0 radical (unpaired) electrons. The molecule has 1 rings (SSSR count). The number of hydrogen-bond donors (Lipinski definition) is 1. The summed E-state index contributed by atoms with van der Waals surface area (Å²) in [6, 6.07) is 5.39. The van der Waals surface area contributed by atoms with Crippen molar-refractivity contribution < 1.29 is 19.4 Å². The Morgan fingerprint density at radius 1 is 1.33 bits per heavy atom. The molecule has 0 aliphatic heterocycles. The molecule has 1 aromatic rings. The van der Waals surface area contributed by atoms with Crippen LogP contribution in [0.5, 0.6) is 0 Å². The van der Waals surface area contributed by atoms with Gasteiger partial charge < -0.3 is 9.84 Å². The van der Waals surface area contributed by atoms with Crippen molar-refractivity contribution in [2.75, 3.05) is 6.54 Å². The highest BCUT2D eigenvalue weighted by Crippen LogP contribution is 2.29. The average Bonchev–Trinajstić information content (AvgIpc) is 2.34. The van der Waals surface area contributed by atoms with E-state index in [0.717, 1.165) is 4.90 Å². The molecule has 0 aliphatic rings. The first-order valence-electron chi connectivity index (χ1n) is 6.64. The summed E-state index contributed by atoms with van der Waals surface area (Å²) in [6.45, 7) is 7.06. The highest BCUT2D eigenvalue weighted by atomic mass is 35.5. The number of halogens is 1. The first-order valence-corrected chi connectivity index (χ1v) is 7.02. The van der Waals surface area contributed by atoms with Crippen LogP contribution >= 0.6 is 11.6 Å². The second-order valence-electron chi connectivity index (χ2n) is 5.53. The van der Waals surface area contributed by atoms with Crippen molar-refractivity contribution in [3.8, 4) is 0 Å². The summed E-state index contributed by atoms with van der Waals surface area (Å²) >= 11 is 6.06. The van der Waals surface area contributed by atoms with Crippen LogP contribution in [0, 0.1) is 0 Å². The lowest BCUT2D eigenvalue weighted by molar-refractivity contribution is -0.143. The molecule has 0 saturated heterocycles. The van der Waals surface area contributed by atoms with Crippen molar-refractivity contribution in [2.45, 2.75) is 39.3 Å². The maximum absolute atomic E-state index is 12.2. The maximum Gasteiger partial charge on any atom is 0.411 e. The molecule has 116 valence electrons. The third-order valence-electron chi connectivity index (χ3n) is 2.71. The van der Waals surface area contributed by atoms with Crippen LogP contribution in [0.1, 0.15) is 39.3 Å². The molecule has 0 spiro atoms. The summed E-state index contributed by atoms with van der Waals surface area (Å²) in [5.41, 5.74) is -0.340. The lowest BCUT2D eigenvalue weighted by Gasteiger charge is -2.31. The molecule has 1 N–H and O–H groups in total. The minimum absolute atomic E-state index is 0.192. The Bertz CT molecular complexity index is 525. The summed E-state index contributed by atoms with van der Waals surface area (Å²) in [5.74, 6) is -1.16. The number of rotatable bonds is 4. The fourth-order valence-corrected chi connectivity index (χ4v) is 2.11. The molecule has 1 aromatic carbocycles. The molecule has 5 nitrogen and oxygen atoms in total. The number of carboxylic acids is 1. The predicted octanol–water partition coefficient (Wildman–Crippen LogP) is 3.72. The Morgan fingerprint density at radius 2 is 1.90 bits per heavy atom. The van der Waals surface area contributed by atoms with Crippen LogP contribution in [0.25, 0.3) is 0 Å². The maximum atomic E-state index is 12.2. The number of nitrogens with zero attached hydrogens (tertiary/aromatic N) is 1. The lowest BCUT2D eigenvalue weighted by Crippen LogP contribution is -2.42. The van der Waals surface area contributed by atoms with Crippen LogP contribution in [0.15, 0.2) is 24.3 Å². The molecule has 21 heavy (non-hydrogen) atoms. The van der Waals surface area contributed by atoms with E-state index >= 15 is 0 Å². The van der Waals surface area contributed by atoms with Gasteiger partial charge in [-0.1, -0.05) is 29.8 Å². The Kier molecular flexibility index (Phi) is 5.61. The third-order valence-corrected chi connectivity index (χ3v) is 3.06. The minimum Gasteiger partial charge on any atom is -0.479 e. The van der Waals surface area contributed by atoms with Gasteiger partial charge in [-0.2, -0.15) is 0 Å². The summed E-state index contributed by atoms with van der Waals surface area (Å²) in [5, 5.41) is 9.79. The van der Waals surface area contributed by atoms with E-state index in [-0.39, 0.29) is 6.54 Å². The van der Waals surface area contributed by atoms with E-state index in [1.807, 2.05) is 0 Å². The zero-order valence-electron chi connectivity index (χ0n) is 12.6. The van der Waals surface area contributed by atoms with E-state index in [1.54, 1.807) is 52.0 Å². The van der Waals surface area contributed by atoms with Crippen molar-refractivity contribution in [2.24, 2.45) is 0 Å². The van der Waals surface area contributed by atoms with Crippen LogP contribution in [0.4, 0.5) is 4.79 Å². The van der Waals surface area contributed by atoms with Crippen molar-refractivity contribution in [1.82, 2.24) is 4.90 Å². The number of amides is 1. The largest absolute Gasteiger partial charge is 0.479 e. The Hall–Kier alpha value is -1.75. The summed E-state index contributed by atoms with van der Waals surface area (Å²) in [4.78, 5) is 25.0. The van der Waals surface area contributed by atoms with Gasteiger partial charge in [-0.25, -0.2) is 9.59 Å². The van der Waals surface area contributed by atoms with Crippen molar-refractivity contribution >= 4 is 23.7 Å². The fraction of sp³-hybridized carbons (Fsp3) is 0.467. The first-order chi connectivity index (χ1) is 9.67. The molecule has 1 unspecified atom stereocenters. The van der Waals surface area contributed by atoms with Gasteiger partial charge in [-0.15, -0.1) is 0 Å². The van der Waals surface area contributed by atoms with E-state index in [4.69, 9.17) is 16.3 Å². The summed E-state index contributed by atoms with van der Waals surface area (Å²) in [6.07, 6.45) is -0.683. The van der Waals surface area contributed by atoms with Crippen LogP contribution in [-0.2, 0) is 9.53 Å². The van der Waals surface area contributed by atoms with Gasteiger partial charge in [0.15, 0.2) is 6.04 Å². The van der Waals surface area contributed by atoms with Crippen LogP contribution < -0.4 is 0 Å². The van der Waals surface area contributed by atoms with Crippen LogP contribution in [0.2, 0.25) is 5.02 Å². The number of carboxylic acid groups (broad SMARTS) is 1. The van der Waals surface area contributed by atoms with Crippen LogP contribution in [0.3, 0.4) is 0 Å². The minimum atomic E-state index is -1.18. The fourth-order valence-electron chi connectivity index (χ4n) is 1.87. The molecule has 0 bridgehead atoms. The SMILES string of the molecule is CCN(C(=O)OC(C)(C)C)C(C(=O)O)c1ccccc1Cl. The molecule has 0 heterocycles. The van der Waals surface area contributed by atoms with E-state index in [1.165, 1.54) is 0 Å². The number of likely N-dealkylation sites (N-methyl/N-ethyl adjacent to an activating group) is 1. The number of aliphatic carboxylic acids is 1. The molecule has 0 aromatic heterocycles. The zero-order chi connectivity index (χ0) is 16.2. The van der Waals surface area contributed by atoms with E-state index in [0.29, 0.717) is 10.6 Å². The normalized spacial score (nSPS) is 12.6. The highest BCUT2D eigenvalue weighted by Gasteiger charge is 2.34. The smallest absolute Gasteiger partial charge is 0.411 e. The number of carbonyl (C=O) groups is 2. The molecular formula is C15H20ClNO4. The Labute approximate surface area is 129 Å². The number of carbonyl (C=O) groups excluding carboxylic acids is 1. The van der Waals surface area contributed by atoms with Gasteiger partial charge in [-0.05, 0) is 33.8 Å².